The van der Waals surface area contributed by atoms with Crippen LogP contribution in [-0.4, -0.2) is 28.0 Å². The van der Waals surface area contributed by atoms with E-state index in [0.29, 0.717) is 6.54 Å². The number of hydrogen-bond acceptors (Lipinski definition) is 5. The van der Waals surface area contributed by atoms with E-state index in [1.807, 2.05) is 20.8 Å². The van der Waals surface area contributed by atoms with E-state index in [1.54, 1.807) is 0 Å². The Morgan fingerprint density at radius 3 is 2.53 bits per heavy atom. The summed E-state index contributed by atoms with van der Waals surface area (Å²) in [6.07, 6.45) is 2.87. The number of hydrogen-bond donors (Lipinski definition) is 3. The van der Waals surface area contributed by atoms with Gasteiger partial charge in [-0.25, -0.2) is 9.97 Å². The molecule has 6 heteroatoms. The highest BCUT2D eigenvalue weighted by molar-refractivity contribution is 5.96. The molecular weight excluding hydrogens is 218 g/mol. The van der Waals surface area contributed by atoms with Gasteiger partial charge in [0, 0.05) is 18.9 Å². The highest BCUT2D eigenvalue weighted by Gasteiger charge is 2.30. The average molecular weight is 237 g/mol. The Hall–Kier alpha value is -1.69. The molecule has 94 valence electrons. The number of rotatable bonds is 4. The van der Waals surface area contributed by atoms with Crippen molar-refractivity contribution in [3.05, 3.63) is 18.1 Å². The van der Waals surface area contributed by atoms with Gasteiger partial charge in [-0.05, 0) is 12.8 Å². The van der Waals surface area contributed by atoms with Gasteiger partial charge >= 0.3 is 0 Å². The normalized spacial score (nSPS) is 14.4. The van der Waals surface area contributed by atoms with Crippen LogP contribution in [0.1, 0.15) is 31.3 Å². The van der Waals surface area contributed by atoms with Crippen molar-refractivity contribution < 1.29 is 4.79 Å². The van der Waals surface area contributed by atoms with Crippen LogP contribution >= 0.6 is 0 Å². The van der Waals surface area contributed by atoms with Crippen molar-refractivity contribution in [1.29, 1.82) is 0 Å². The second-order valence-electron chi connectivity index (χ2n) is 4.52. The van der Waals surface area contributed by atoms with E-state index in [1.165, 1.54) is 12.4 Å². The SMILES string of the molecule is CC(C)C(C)(CN)NC(=O)c1nccnc1N. The third-order valence-corrected chi connectivity index (χ3v) is 3.04. The summed E-state index contributed by atoms with van der Waals surface area (Å²) in [4.78, 5) is 19.7. The van der Waals surface area contributed by atoms with Gasteiger partial charge < -0.3 is 16.8 Å². The van der Waals surface area contributed by atoms with E-state index < -0.39 is 5.54 Å². The van der Waals surface area contributed by atoms with Crippen LogP contribution in [0.4, 0.5) is 5.82 Å². The second kappa shape index (κ2) is 5.09. The molecule has 5 N–H and O–H groups in total. The summed E-state index contributed by atoms with van der Waals surface area (Å²) in [7, 11) is 0. The van der Waals surface area contributed by atoms with Crippen LogP contribution in [0.15, 0.2) is 12.4 Å². The van der Waals surface area contributed by atoms with E-state index in [2.05, 4.69) is 15.3 Å². The number of anilines is 1. The average Bonchev–Trinajstić information content (AvgIpc) is 2.29. The van der Waals surface area contributed by atoms with Crippen LogP contribution < -0.4 is 16.8 Å². The summed E-state index contributed by atoms with van der Waals surface area (Å²) >= 11 is 0. The molecule has 1 aromatic rings. The summed E-state index contributed by atoms with van der Waals surface area (Å²) in [5.41, 5.74) is 10.9. The van der Waals surface area contributed by atoms with Crippen LogP contribution in [0.3, 0.4) is 0 Å². The quantitative estimate of drug-likeness (QED) is 0.691. The number of nitrogens with one attached hydrogen (secondary N) is 1. The molecule has 1 aromatic heterocycles. The van der Waals surface area contributed by atoms with Gasteiger partial charge in [0.05, 0.1) is 5.54 Å². The van der Waals surface area contributed by atoms with Gasteiger partial charge in [-0.3, -0.25) is 4.79 Å². The van der Waals surface area contributed by atoms with Crippen molar-refractivity contribution in [3.63, 3.8) is 0 Å². The lowest BCUT2D eigenvalue weighted by atomic mass is 9.88. The number of amides is 1. The van der Waals surface area contributed by atoms with Crippen LogP contribution in [-0.2, 0) is 0 Å². The largest absolute Gasteiger partial charge is 0.382 e. The number of nitrogen functional groups attached to an aromatic ring is 1. The van der Waals surface area contributed by atoms with Crippen molar-refractivity contribution in [1.82, 2.24) is 15.3 Å². The molecule has 0 aromatic carbocycles. The minimum absolute atomic E-state index is 0.119. The topological polar surface area (TPSA) is 107 Å². The first-order chi connectivity index (χ1) is 7.90. The Morgan fingerprint density at radius 1 is 1.47 bits per heavy atom. The Labute approximate surface area is 101 Å². The predicted molar refractivity (Wildman–Crippen MR) is 66.2 cm³/mol. The number of carbonyl (C=O) groups is 1. The van der Waals surface area contributed by atoms with Crippen molar-refractivity contribution >= 4 is 11.7 Å². The van der Waals surface area contributed by atoms with Crippen molar-refractivity contribution in [2.75, 3.05) is 12.3 Å². The molecule has 0 saturated carbocycles. The molecular formula is C11H19N5O. The lowest BCUT2D eigenvalue weighted by Crippen LogP contribution is -2.55. The monoisotopic (exact) mass is 237 g/mol. The molecule has 0 aliphatic rings. The molecule has 0 fully saturated rings. The van der Waals surface area contributed by atoms with E-state index in [9.17, 15) is 4.79 Å². The molecule has 1 atom stereocenters. The highest BCUT2D eigenvalue weighted by atomic mass is 16.2. The lowest BCUT2D eigenvalue weighted by molar-refractivity contribution is 0.0878. The van der Waals surface area contributed by atoms with E-state index in [-0.39, 0.29) is 23.3 Å². The molecule has 1 heterocycles. The summed E-state index contributed by atoms with van der Waals surface area (Å²) in [6.45, 7) is 6.22. The molecule has 0 bridgehead atoms. The maximum atomic E-state index is 12.0. The van der Waals surface area contributed by atoms with Crippen molar-refractivity contribution in [2.24, 2.45) is 11.7 Å². The first-order valence-corrected chi connectivity index (χ1v) is 5.49. The Kier molecular flexibility index (Phi) is 4.01. The van der Waals surface area contributed by atoms with Crippen LogP contribution in [0.2, 0.25) is 0 Å². The molecule has 0 spiro atoms. The van der Waals surface area contributed by atoms with Gasteiger partial charge in [0.2, 0.25) is 0 Å². The smallest absolute Gasteiger partial charge is 0.274 e. The highest BCUT2D eigenvalue weighted by Crippen LogP contribution is 2.16. The van der Waals surface area contributed by atoms with Gasteiger partial charge in [0.1, 0.15) is 0 Å². The fraction of sp³-hybridized carbons (Fsp3) is 0.545. The molecule has 17 heavy (non-hydrogen) atoms. The third kappa shape index (κ3) is 2.91. The summed E-state index contributed by atoms with van der Waals surface area (Å²) < 4.78 is 0. The molecule has 6 nitrogen and oxygen atoms in total. The Bertz CT molecular complexity index is 407. The number of carbonyl (C=O) groups excluding carboxylic acids is 1. The van der Waals surface area contributed by atoms with Crippen molar-refractivity contribution in [3.8, 4) is 0 Å². The van der Waals surface area contributed by atoms with Gasteiger partial charge in [0.15, 0.2) is 11.5 Å². The van der Waals surface area contributed by atoms with Gasteiger partial charge in [0.25, 0.3) is 5.91 Å². The Morgan fingerprint density at radius 2 is 2.06 bits per heavy atom. The first kappa shape index (κ1) is 13.4. The van der Waals surface area contributed by atoms with E-state index in [4.69, 9.17) is 11.5 Å². The summed E-state index contributed by atoms with van der Waals surface area (Å²) in [5, 5.41) is 2.85. The minimum Gasteiger partial charge on any atom is -0.382 e. The fourth-order valence-corrected chi connectivity index (χ4v) is 1.27. The number of nitrogens with zero attached hydrogens (tertiary/aromatic N) is 2. The van der Waals surface area contributed by atoms with Gasteiger partial charge in [-0.15, -0.1) is 0 Å². The molecule has 0 aliphatic heterocycles. The maximum absolute atomic E-state index is 12.0. The standard InChI is InChI=1S/C11H19N5O/c1-7(2)11(3,6-12)16-10(17)8-9(13)15-5-4-14-8/h4-5,7H,6,12H2,1-3H3,(H2,13,15)(H,16,17). The summed E-state index contributed by atoms with van der Waals surface area (Å²) in [6, 6.07) is 0. The van der Waals surface area contributed by atoms with E-state index >= 15 is 0 Å². The maximum Gasteiger partial charge on any atom is 0.274 e. The van der Waals surface area contributed by atoms with Gasteiger partial charge in [-0.1, -0.05) is 13.8 Å². The van der Waals surface area contributed by atoms with Crippen molar-refractivity contribution in [2.45, 2.75) is 26.3 Å². The minimum atomic E-state index is -0.485. The Balaban J connectivity index is 2.90. The predicted octanol–water partition coefficient (Wildman–Crippen LogP) is 0.162. The zero-order valence-electron chi connectivity index (χ0n) is 10.4. The first-order valence-electron chi connectivity index (χ1n) is 5.49. The van der Waals surface area contributed by atoms with Gasteiger partial charge in [-0.2, -0.15) is 0 Å². The number of aromatic nitrogens is 2. The molecule has 1 rings (SSSR count). The lowest BCUT2D eigenvalue weighted by Gasteiger charge is -2.33. The molecule has 0 radical (unpaired) electrons. The molecule has 1 unspecified atom stereocenters. The summed E-state index contributed by atoms with van der Waals surface area (Å²) in [5.74, 6) is -0.0280. The zero-order chi connectivity index (χ0) is 13.1. The molecule has 1 amide bonds. The molecule has 0 aliphatic carbocycles. The van der Waals surface area contributed by atoms with E-state index in [0.717, 1.165) is 0 Å². The third-order valence-electron chi connectivity index (χ3n) is 3.04. The number of nitrogens with two attached hydrogens (primary N) is 2. The van der Waals surface area contributed by atoms with Crippen LogP contribution in [0.5, 0.6) is 0 Å². The fourth-order valence-electron chi connectivity index (χ4n) is 1.27. The van der Waals surface area contributed by atoms with Crippen LogP contribution in [0.25, 0.3) is 0 Å². The zero-order valence-corrected chi connectivity index (χ0v) is 10.4. The molecule has 0 saturated heterocycles. The van der Waals surface area contributed by atoms with Crippen LogP contribution in [0, 0.1) is 5.92 Å². The second-order valence-corrected chi connectivity index (χ2v) is 4.52.